The van der Waals surface area contributed by atoms with E-state index in [2.05, 4.69) is 0 Å². The summed E-state index contributed by atoms with van der Waals surface area (Å²) < 4.78 is 17.2. The molecule has 0 fully saturated rings. The van der Waals surface area contributed by atoms with E-state index in [1.807, 2.05) is 63.2 Å². The van der Waals surface area contributed by atoms with Crippen molar-refractivity contribution in [3.8, 4) is 17.2 Å². The Morgan fingerprint density at radius 3 is 2.19 bits per heavy atom. The Bertz CT molecular complexity index is 931. The second kappa shape index (κ2) is 7.91. The Morgan fingerprint density at radius 1 is 0.846 bits per heavy atom. The Morgan fingerprint density at radius 2 is 1.50 bits per heavy atom. The van der Waals surface area contributed by atoms with Gasteiger partial charge in [0.2, 0.25) is 0 Å². The Hall–Kier alpha value is -3.01. The lowest BCUT2D eigenvalue weighted by Gasteiger charge is -2.16. The standard InChI is InChI=1S/C22H22O4/c1-4-24-20-14-18(22(23)26-19-13-9-6-10-15(19)3)21(25-5-2)17-12-8-7-11-16(17)20/h6-14H,4-5H2,1-3H3. The van der Waals surface area contributed by atoms with Crippen LogP contribution in [0.5, 0.6) is 17.2 Å². The van der Waals surface area contributed by atoms with Gasteiger partial charge in [-0.1, -0.05) is 42.5 Å². The molecule has 0 aromatic heterocycles. The zero-order valence-electron chi connectivity index (χ0n) is 15.2. The van der Waals surface area contributed by atoms with E-state index in [0.717, 1.165) is 16.3 Å². The van der Waals surface area contributed by atoms with Crippen LogP contribution in [0.2, 0.25) is 0 Å². The van der Waals surface area contributed by atoms with Gasteiger partial charge in [0, 0.05) is 10.8 Å². The molecule has 0 N–H and O–H groups in total. The highest BCUT2D eigenvalue weighted by atomic mass is 16.5. The lowest BCUT2D eigenvalue weighted by atomic mass is 10.0. The molecule has 0 heterocycles. The normalized spacial score (nSPS) is 10.6. The van der Waals surface area contributed by atoms with Gasteiger partial charge in [0.05, 0.1) is 13.2 Å². The highest BCUT2D eigenvalue weighted by molar-refractivity contribution is 6.04. The topological polar surface area (TPSA) is 44.8 Å². The van der Waals surface area contributed by atoms with E-state index < -0.39 is 5.97 Å². The quantitative estimate of drug-likeness (QED) is 0.455. The lowest BCUT2D eigenvalue weighted by molar-refractivity contribution is 0.0729. The highest BCUT2D eigenvalue weighted by Gasteiger charge is 2.21. The summed E-state index contributed by atoms with van der Waals surface area (Å²) in [6.45, 7) is 6.66. The average Bonchev–Trinajstić information content (AvgIpc) is 2.65. The maximum absolute atomic E-state index is 12.9. The van der Waals surface area contributed by atoms with Crippen LogP contribution in [0, 0.1) is 6.92 Å². The average molecular weight is 350 g/mol. The maximum Gasteiger partial charge on any atom is 0.347 e. The number of carbonyl (C=O) groups is 1. The SMILES string of the molecule is CCOc1cc(C(=O)Oc2ccccc2C)c(OCC)c2ccccc12. The fraction of sp³-hybridized carbons (Fsp3) is 0.227. The van der Waals surface area contributed by atoms with Crippen molar-refractivity contribution in [2.45, 2.75) is 20.8 Å². The Kier molecular flexibility index (Phi) is 5.42. The molecule has 3 aromatic rings. The minimum absolute atomic E-state index is 0.359. The lowest BCUT2D eigenvalue weighted by Crippen LogP contribution is -2.12. The fourth-order valence-electron chi connectivity index (χ4n) is 2.87. The first kappa shape index (κ1) is 17.8. The second-order valence-corrected chi connectivity index (χ2v) is 5.82. The van der Waals surface area contributed by atoms with Crippen LogP contribution in [0.15, 0.2) is 54.6 Å². The van der Waals surface area contributed by atoms with E-state index in [1.165, 1.54) is 0 Å². The van der Waals surface area contributed by atoms with E-state index in [9.17, 15) is 4.79 Å². The third kappa shape index (κ3) is 3.49. The van der Waals surface area contributed by atoms with E-state index >= 15 is 0 Å². The molecule has 3 aromatic carbocycles. The summed E-state index contributed by atoms with van der Waals surface area (Å²) in [6, 6.07) is 16.9. The third-order valence-electron chi connectivity index (χ3n) is 4.06. The van der Waals surface area contributed by atoms with Gasteiger partial charge in [-0.05, 0) is 38.5 Å². The van der Waals surface area contributed by atoms with Crippen molar-refractivity contribution in [1.82, 2.24) is 0 Å². The summed E-state index contributed by atoms with van der Waals surface area (Å²) >= 11 is 0. The van der Waals surface area contributed by atoms with Gasteiger partial charge in [-0.15, -0.1) is 0 Å². The van der Waals surface area contributed by atoms with Gasteiger partial charge in [0.25, 0.3) is 0 Å². The van der Waals surface area contributed by atoms with Crippen molar-refractivity contribution in [3.63, 3.8) is 0 Å². The molecule has 4 nitrogen and oxygen atoms in total. The van der Waals surface area contributed by atoms with Crippen molar-refractivity contribution in [2.24, 2.45) is 0 Å². The van der Waals surface area contributed by atoms with Crippen molar-refractivity contribution in [1.29, 1.82) is 0 Å². The van der Waals surface area contributed by atoms with E-state index in [1.54, 1.807) is 12.1 Å². The number of benzene rings is 3. The number of para-hydroxylation sites is 1. The van der Waals surface area contributed by atoms with Gasteiger partial charge in [-0.3, -0.25) is 0 Å². The second-order valence-electron chi connectivity index (χ2n) is 5.82. The predicted molar refractivity (Wildman–Crippen MR) is 102 cm³/mol. The summed E-state index contributed by atoms with van der Waals surface area (Å²) in [5.74, 6) is 1.23. The number of hydrogen-bond acceptors (Lipinski definition) is 4. The van der Waals surface area contributed by atoms with Gasteiger partial charge in [0.15, 0.2) is 0 Å². The molecule has 0 saturated heterocycles. The molecule has 0 saturated carbocycles. The Labute approximate surface area is 153 Å². The van der Waals surface area contributed by atoms with Gasteiger partial charge in [-0.2, -0.15) is 0 Å². The van der Waals surface area contributed by atoms with E-state index in [4.69, 9.17) is 14.2 Å². The van der Waals surface area contributed by atoms with Gasteiger partial charge < -0.3 is 14.2 Å². The molecule has 0 spiro atoms. The first-order valence-corrected chi connectivity index (χ1v) is 8.74. The minimum Gasteiger partial charge on any atom is -0.493 e. The molecule has 4 heteroatoms. The number of hydrogen-bond donors (Lipinski definition) is 0. The van der Waals surface area contributed by atoms with Crippen molar-refractivity contribution in [3.05, 3.63) is 65.7 Å². The molecule has 0 unspecified atom stereocenters. The van der Waals surface area contributed by atoms with E-state index in [-0.39, 0.29) is 0 Å². The zero-order chi connectivity index (χ0) is 18.5. The summed E-state index contributed by atoms with van der Waals surface area (Å²) in [6.07, 6.45) is 0. The van der Waals surface area contributed by atoms with Crippen LogP contribution in [0.1, 0.15) is 29.8 Å². The Balaban J connectivity index is 2.12. The fourth-order valence-corrected chi connectivity index (χ4v) is 2.87. The summed E-state index contributed by atoms with van der Waals surface area (Å²) in [4.78, 5) is 12.9. The molecule has 0 bridgehead atoms. The molecular formula is C22H22O4. The number of aryl methyl sites for hydroxylation is 1. The third-order valence-corrected chi connectivity index (χ3v) is 4.06. The summed E-state index contributed by atoms with van der Waals surface area (Å²) in [5, 5.41) is 1.74. The predicted octanol–water partition coefficient (Wildman–Crippen LogP) is 5.16. The first-order valence-electron chi connectivity index (χ1n) is 8.74. The molecular weight excluding hydrogens is 328 g/mol. The molecule has 26 heavy (non-hydrogen) atoms. The molecule has 3 rings (SSSR count). The minimum atomic E-state index is -0.463. The van der Waals surface area contributed by atoms with Gasteiger partial charge in [0.1, 0.15) is 22.8 Å². The molecule has 134 valence electrons. The van der Waals surface area contributed by atoms with Crippen LogP contribution in [0.4, 0.5) is 0 Å². The van der Waals surface area contributed by atoms with Crippen LogP contribution < -0.4 is 14.2 Å². The van der Waals surface area contributed by atoms with Crippen molar-refractivity contribution in [2.75, 3.05) is 13.2 Å². The van der Waals surface area contributed by atoms with Crippen LogP contribution >= 0.6 is 0 Å². The van der Waals surface area contributed by atoms with Gasteiger partial charge in [-0.25, -0.2) is 4.79 Å². The van der Waals surface area contributed by atoms with Gasteiger partial charge >= 0.3 is 5.97 Å². The first-order chi connectivity index (χ1) is 12.7. The molecule has 0 radical (unpaired) electrons. The molecule has 0 amide bonds. The van der Waals surface area contributed by atoms with E-state index in [0.29, 0.717) is 36.0 Å². The molecule has 0 aliphatic carbocycles. The number of ether oxygens (including phenoxy) is 3. The molecule has 0 atom stereocenters. The zero-order valence-corrected chi connectivity index (χ0v) is 15.2. The largest absolute Gasteiger partial charge is 0.493 e. The van der Waals surface area contributed by atoms with Crippen LogP contribution in [-0.4, -0.2) is 19.2 Å². The van der Waals surface area contributed by atoms with Crippen LogP contribution in [-0.2, 0) is 0 Å². The number of fused-ring (bicyclic) bond motifs is 1. The monoisotopic (exact) mass is 350 g/mol. The van der Waals surface area contributed by atoms with Crippen molar-refractivity contribution < 1.29 is 19.0 Å². The molecule has 0 aliphatic heterocycles. The number of carbonyl (C=O) groups excluding carboxylic acids is 1. The van der Waals surface area contributed by atoms with Crippen molar-refractivity contribution >= 4 is 16.7 Å². The molecule has 0 aliphatic rings. The van der Waals surface area contributed by atoms with Crippen LogP contribution in [0.3, 0.4) is 0 Å². The summed E-state index contributed by atoms with van der Waals surface area (Å²) in [7, 11) is 0. The summed E-state index contributed by atoms with van der Waals surface area (Å²) in [5.41, 5.74) is 1.25. The number of rotatable bonds is 6. The smallest absolute Gasteiger partial charge is 0.347 e. The maximum atomic E-state index is 12.9. The number of esters is 1. The van der Waals surface area contributed by atoms with Crippen LogP contribution in [0.25, 0.3) is 10.8 Å². The highest BCUT2D eigenvalue weighted by Crippen LogP contribution is 2.37.